The van der Waals surface area contributed by atoms with Crippen LogP contribution in [0.3, 0.4) is 0 Å². The Kier molecular flexibility index (Phi) is 6.40. The van der Waals surface area contributed by atoms with E-state index in [9.17, 15) is 18.0 Å². The molecule has 0 aliphatic carbocycles. The molecule has 0 saturated carbocycles. The maximum absolute atomic E-state index is 14.7. The zero-order valence-corrected chi connectivity index (χ0v) is 18.7. The summed E-state index contributed by atoms with van der Waals surface area (Å²) in [6.07, 6.45) is -1.93. The molecule has 174 valence electrons. The number of fused-ring (bicyclic) bond motifs is 1. The summed E-state index contributed by atoms with van der Waals surface area (Å²) < 4.78 is 46.6. The molecule has 1 aromatic heterocycles. The Balaban J connectivity index is 1.73. The van der Waals surface area contributed by atoms with Crippen molar-refractivity contribution in [2.75, 3.05) is 30.4 Å². The summed E-state index contributed by atoms with van der Waals surface area (Å²) in [6, 6.07) is 7.06. The van der Waals surface area contributed by atoms with E-state index in [1.807, 2.05) is 12.1 Å². The van der Waals surface area contributed by atoms with Crippen LogP contribution in [-0.4, -0.2) is 36.0 Å². The highest BCUT2D eigenvalue weighted by molar-refractivity contribution is 5.94. The number of ether oxygens (including phenoxy) is 1. The summed E-state index contributed by atoms with van der Waals surface area (Å²) in [5.41, 5.74) is 0.993. The van der Waals surface area contributed by atoms with Crippen molar-refractivity contribution in [1.29, 1.82) is 0 Å². The smallest absolute Gasteiger partial charge is 0.266 e. The van der Waals surface area contributed by atoms with Gasteiger partial charge in [0.25, 0.3) is 6.43 Å². The number of rotatable bonds is 6. The molecule has 0 radical (unpaired) electrons. The molecule has 33 heavy (non-hydrogen) atoms. The van der Waals surface area contributed by atoms with Crippen LogP contribution in [0.15, 0.2) is 30.3 Å². The lowest BCUT2D eigenvalue weighted by atomic mass is 10.0. The van der Waals surface area contributed by atoms with Crippen molar-refractivity contribution in [3.63, 3.8) is 0 Å². The summed E-state index contributed by atoms with van der Waals surface area (Å²) in [5.74, 6) is 0.871. The number of hydrogen-bond donors (Lipinski definition) is 1. The fraction of sp³-hybridized carbons (Fsp3) is 0.375. The fourth-order valence-electron chi connectivity index (χ4n) is 4.13. The minimum absolute atomic E-state index is 0.124. The highest BCUT2D eigenvalue weighted by Gasteiger charge is 2.23. The second-order valence-electron chi connectivity index (χ2n) is 8.10. The molecule has 1 atom stereocenters. The summed E-state index contributed by atoms with van der Waals surface area (Å²) in [5, 5.41) is 3.81. The number of nitrogens with one attached hydrogen (secondary N) is 1. The number of piperidine rings is 1. The van der Waals surface area contributed by atoms with Crippen LogP contribution in [-0.2, 0) is 4.79 Å². The average molecular weight is 458 g/mol. The van der Waals surface area contributed by atoms with E-state index in [1.165, 1.54) is 12.1 Å². The zero-order chi connectivity index (χ0) is 23.7. The van der Waals surface area contributed by atoms with E-state index in [2.05, 4.69) is 20.2 Å². The summed E-state index contributed by atoms with van der Waals surface area (Å²) in [6.45, 7) is 4.64. The van der Waals surface area contributed by atoms with Crippen LogP contribution in [0.5, 0.6) is 5.75 Å². The normalized spacial score (nSPS) is 15.2. The van der Waals surface area contributed by atoms with Gasteiger partial charge < -0.3 is 15.0 Å². The van der Waals surface area contributed by atoms with Crippen LogP contribution >= 0.6 is 0 Å². The van der Waals surface area contributed by atoms with Crippen LogP contribution in [0.25, 0.3) is 10.9 Å². The SMILES string of the molecule is COc1cc2c(NC(C)c3cccc(C(F)F)c3F)nc(C)nc2cc1N1CCC(=O)CC1. The number of alkyl halides is 2. The zero-order valence-electron chi connectivity index (χ0n) is 18.7. The number of carbonyl (C=O) groups is 1. The molecular formula is C24H25F3N4O2. The molecule has 0 spiro atoms. The number of nitrogens with zero attached hydrogens (tertiary/aromatic N) is 3. The van der Waals surface area contributed by atoms with Crippen molar-refractivity contribution >= 4 is 28.2 Å². The van der Waals surface area contributed by atoms with Crippen LogP contribution in [0.4, 0.5) is 24.7 Å². The summed E-state index contributed by atoms with van der Waals surface area (Å²) in [4.78, 5) is 22.8. The predicted molar refractivity (Wildman–Crippen MR) is 121 cm³/mol. The van der Waals surface area contributed by atoms with E-state index in [4.69, 9.17) is 4.74 Å². The highest BCUT2D eigenvalue weighted by Crippen LogP contribution is 2.37. The first kappa shape index (κ1) is 22.8. The van der Waals surface area contributed by atoms with Gasteiger partial charge in [0.15, 0.2) is 0 Å². The average Bonchev–Trinajstić information content (AvgIpc) is 2.78. The molecule has 1 aliphatic heterocycles. The monoisotopic (exact) mass is 458 g/mol. The van der Waals surface area contributed by atoms with E-state index in [1.54, 1.807) is 21.0 Å². The van der Waals surface area contributed by atoms with Gasteiger partial charge in [-0.3, -0.25) is 4.79 Å². The van der Waals surface area contributed by atoms with Gasteiger partial charge in [-0.05, 0) is 26.0 Å². The van der Waals surface area contributed by atoms with Gasteiger partial charge in [0.1, 0.15) is 29.0 Å². The van der Waals surface area contributed by atoms with E-state index in [-0.39, 0.29) is 11.3 Å². The highest BCUT2D eigenvalue weighted by atomic mass is 19.3. The second-order valence-corrected chi connectivity index (χ2v) is 8.10. The molecule has 1 fully saturated rings. The minimum Gasteiger partial charge on any atom is -0.495 e. The maximum atomic E-state index is 14.7. The van der Waals surface area contributed by atoms with Crippen LogP contribution in [0, 0.1) is 12.7 Å². The Morgan fingerprint density at radius 1 is 1.12 bits per heavy atom. The van der Waals surface area contributed by atoms with Gasteiger partial charge in [-0.2, -0.15) is 0 Å². The number of methoxy groups -OCH3 is 1. The Bertz CT molecular complexity index is 1190. The molecule has 2 heterocycles. The number of anilines is 2. The number of carbonyl (C=O) groups excluding carboxylic acids is 1. The predicted octanol–water partition coefficient (Wildman–Crippen LogP) is 5.37. The molecule has 9 heteroatoms. The Morgan fingerprint density at radius 3 is 2.48 bits per heavy atom. The quantitative estimate of drug-likeness (QED) is 0.536. The van der Waals surface area contributed by atoms with Gasteiger partial charge in [0.2, 0.25) is 0 Å². The van der Waals surface area contributed by atoms with Crippen LogP contribution in [0.1, 0.15) is 49.2 Å². The number of Topliss-reactive ketones (excluding diaryl/α,β-unsaturated/α-hetero) is 1. The van der Waals surface area contributed by atoms with E-state index in [0.29, 0.717) is 54.2 Å². The van der Waals surface area contributed by atoms with Crippen LogP contribution < -0.4 is 15.0 Å². The van der Waals surface area contributed by atoms with Gasteiger partial charge >= 0.3 is 0 Å². The second kappa shape index (κ2) is 9.25. The third-order valence-corrected chi connectivity index (χ3v) is 5.88. The first-order chi connectivity index (χ1) is 15.8. The lowest BCUT2D eigenvalue weighted by Crippen LogP contribution is -2.33. The van der Waals surface area contributed by atoms with Gasteiger partial charge in [0.05, 0.1) is 29.9 Å². The molecular weight excluding hydrogens is 433 g/mol. The number of ketones is 1. The van der Waals surface area contributed by atoms with Gasteiger partial charge in [-0.1, -0.05) is 18.2 Å². The third-order valence-electron chi connectivity index (χ3n) is 5.88. The van der Waals surface area contributed by atoms with Crippen molar-refractivity contribution in [3.8, 4) is 5.75 Å². The number of halogens is 3. The van der Waals surface area contributed by atoms with E-state index in [0.717, 1.165) is 11.8 Å². The molecule has 1 saturated heterocycles. The summed E-state index contributed by atoms with van der Waals surface area (Å²) in [7, 11) is 1.57. The number of aromatic nitrogens is 2. The number of benzene rings is 2. The van der Waals surface area contributed by atoms with Crippen molar-refractivity contribution in [1.82, 2.24) is 9.97 Å². The number of aryl methyl sites for hydroxylation is 1. The molecule has 1 unspecified atom stereocenters. The van der Waals surface area contributed by atoms with Crippen molar-refractivity contribution in [2.24, 2.45) is 0 Å². The molecule has 2 aromatic carbocycles. The Labute approximate surface area is 189 Å². The van der Waals surface area contributed by atoms with E-state index < -0.39 is 23.8 Å². The summed E-state index contributed by atoms with van der Waals surface area (Å²) >= 11 is 0. The fourth-order valence-corrected chi connectivity index (χ4v) is 4.13. The molecule has 1 N–H and O–H groups in total. The lowest BCUT2D eigenvalue weighted by molar-refractivity contribution is -0.119. The van der Waals surface area contributed by atoms with Crippen LogP contribution in [0.2, 0.25) is 0 Å². The standard InChI is InChI=1S/C24H25F3N4O2/c1-13(16-5-4-6-17(22(16)25)23(26)27)28-24-18-11-21(33-3)20(12-19(18)29-14(2)30-24)31-9-7-15(32)8-10-31/h4-6,11-13,23H,7-10H2,1-3H3,(H,28,29,30). The van der Waals surface area contributed by atoms with Gasteiger partial charge in [0, 0.05) is 36.9 Å². The topological polar surface area (TPSA) is 67.3 Å². The number of hydrogen-bond acceptors (Lipinski definition) is 6. The minimum atomic E-state index is -2.90. The van der Waals surface area contributed by atoms with E-state index >= 15 is 0 Å². The molecule has 1 aliphatic rings. The van der Waals surface area contributed by atoms with Gasteiger partial charge in [-0.15, -0.1) is 0 Å². The Hall–Kier alpha value is -3.36. The molecule has 0 amide bonds. The largest absolute Gasteiger partial charge is 0.495 e. The van der Waals surface area contributed by atoms with Gasteiger partial charge in [-0.25, -0.2) is 23.1 Å². The van der Waals surface area contributed by atoms with Crippen molar-refractivity contribution < 1.29 is 22.7 Å². The first-order valence-corrected chi connectivity index (χ1v) is 10.7. The third kappa shape index (κ3) is 4.58. The first-order valence-electron chi connectivity index (χ1n) is 10.7. The van der Waals surface area contributed by atoms with Crippen molar-refractivity contribution in [2.45, 2.75) is 39.2 Å². The molecule has 6 nitrogen and oxygen atoms in total. The maximum Gasteiger partial charge on any atom is 0.266 e. The lowest BCUT2D eigenvalue weighted by Gasteiger charge is -2.29. The Morgan fingerprint density at radius 2 is 1.82 bits per heavy atom. The molecule has 3 aromatic rings. The molecule has 4 rings (SSSR count). The van der Waals surface area contributed by atoms with Crippen molar-refractivity contribution in [3.05, 3.63) is 53.1 Å². The molecule has 0 bridgehead atoms.